The number of pyridine rings is 1. The Kier molecular flexibility index (Phi) is 6.09. The standard InChI is InChI=1S/C14H15ClF6N4O/c15-10-5-8(14(19,20)21)6-22-11(10)24-25-12(26)23-9-3-1-2-7(4-9)13(16,17)18/h5-7,9H,1-4H2,(H,22,24)(H2,23,25,26)/t7-,9-/m0/s1. The molecule has 1 aromatic rings. The van der Waals surface area contributed by atoms with Crippen molar-refractivity contribution < 1.29 is 31.1 Å². The third kappa shape index (κ3) is 5.55. The number of carbonyl (C=O) groups is 1. The van der Waals surface area contributed by atoms with Gasteiger partial charge in [0, 0.05) is 12.2 Å². The number of hydrogen-bond donors (Lipinski definition) is 3. The van der Waals surface area contributed by atoms with Crippen molar-refractivity contribution >= 4 is 23.4 Å². The average Bonchev–Trinajstić information content (AvgIpc) is 2.52. The Morgan fingerprint density at radius 1 is 1.19 bits per heavy atom. The smallest absolute Gasteiger partial charge is 0.334 e. The summed E-state index contributed by atoms with van der Waals surface area (Å²) in [7, 11) is 0. The van der Waals surface area contributed by atoms with Gasteiger partial charge in [-0.2, -0.15) is 26.3 Å². The Hall–Kier alpha value is -1.91. The van der Waals surface area contributed by atoms with Crippen LogP contribution in [0.2, 0.25) is 5.02 Å². The summed E-state index contributed by atoms with van der Waals surface area (Å²) in [5, 5.41) is 2.00. The van der Waals surface area contributed by atoms with Gasteiger partial charge in [-0.15, -0.1) is 0 Å². The van der Waals surface area contributed by atoms with E-state index in [1.165, 1.54) is 0 Å². The summed E-state index contributed by atoms with van der Waals surface area (Å²) < 4.78 is 75.7. The summed E-state index contributed by atoms with van der Waals surface area (Å²) in [6.45, 7) is 0. The molecule has 2 rings (SSSR count). The van der Waals surface area contributed by atoms with Crippen LogP contribution in [0.5, 0.6) is 0 Å². The SMILES string of the molecule is O=C(NNc1ncc(C(F)(F)F)cc1Cl)N[C@H]1CCC[C@H](C(F)(F)F)C1. The molecule has 0 radical (unpaired) electrons. The number of hydrogen-bond acceptors (Lipinski definition) is 3. The van der Waals surface area contributed by atoms with Crippen molar-refractivity contribution in [3.63, 3.8) is 0 Å². The molecule has 0 aromatic carbocycles. The first-order valence-electron chi connectivity index (χ1n) is 7.59. The second-order valence-corrected chi connectivity index (χ2v) is 6.28. The van der Waals surface area contributed by atoms with Crippen LogP contribution in [0.1, 0.15) is 31.2 Å². The third-order valence-corrected chi connectivity index (χ3v) is 4.22. The Bertz CT molecular complexity index is 651. The molecule has 1 heterocycles. The summed E-state index contributed by atoms with van der Waals surface area (Å²) in [4.78, 5) is 15.2. The number of halogens is 7. The monoisotopic (exact) mass is 404 g/mol. The van der Waals surface area contributed by atoms with Gasteiger partial charge in [0.15, 0.2) is 5.82 Å². The number of anilines is 1. The molecule has 2 atom stereocenters. The number of amides is 2. The molecule has 1 saturated carbocycles. The van der Waals surface area contributed by atoms with E-state index in [0.29, 0.717) is 25.1 Å². The normalized spacial score (nSPS) is 21.2. The summed E-state index contributed by atoms with van der Waals surface area (Å²) in [5.41, 5.74) is 3.26. The van der Waals surface area contributed by atoms with Gasteiger partial charge in [0.05, 0.1) is 16.5 Å². The Labute approximate surface area is 149 Å². The molecule has 0 saturated heterocycles. The number of nitrogens with zero attached hydrogens (tertiary/aromatic N) is 1. The third-order valence-electron chi connectivity index (χ3n) is 3.94. The van der Waals surface area contributed by atoms with Crippen LogP contribution in [0.4, 0.5) is 37.0 Å². The van der Waals surface area contributed by atoms with Crippen LogP contribution < -0.4 is 16.2 Å². The van der Waals surface area contributed by atoms with Gasteiger partial charge < -0.3 is 5.32 Å². The summed E-state index contributed by atoms with van der Waals surface area (Å²) >= 11 is 5.66. The van der Waals surface area contributed by atoms with Crippen molar-refractivity contribution in [1.29, 1.82) is 0 Å². The van der Waals surface area contributed by atoms with Crippen LogP contribution >= 0.6 is 11.6 Å². The molecule has 2 amide bonds. The van der Waals surface area contributed by atoms with Gasteiger partial charge in [0.2, 0.25) is 0 Å². The van der Waals surface area contributed by atoms with Crippen LogP contribution in [0.3, 0.4) is 0 Å². The van der Waals surface area contributed by atoms with E-state index in [-0.39, 0.29) is 23.7 Å². The molecule has 146 valence electrons. The fourth-order valence-corrected chi connectivity index (χ4v) is 2.85. The van der Waals surface area contributed by atoms with E-state index < -0.39 is 35.9 Å². The Morgan fingerprint density at radius 3 is 2.46 bits per heavy atom. The zero-order valence-electron chi connectivity index (χ0n) is 13.1. The number of nitrogens with one attached hydrogen (secondary N) is 3. The fourth-order valence-electron chi connectivity index (χ4n) is 2.64. The van der Waals surface area contributed by atoms with E-state index in [0.717, 1.165) is 0 Å². The van der Waals surface area contributed by atoms with Gasteiger partial charge >= 0.3 is 18.4 Å². The van der Waals surface area contributed by atoms with E-state index in [2.05, 4.69) is 21.2 Å². The Morgan fingerprint density at radius 2 is 1.88 bits per heavy atom. The molecule has 0 aliphatic heterocycles. The van der Waals surface area contributed by atoms with Crippen molar-refractivity contribution in [1.82, 2.24) is 15.7 Å². The number of aromatic nitrogens is 1. The topological polar surface area (TPSA) is 66.0 Å². The fraction of sp³-hybridized carbons (Fsp3) is 0.571. The second kappa shape index (κ2) is 7.77. The molecule has 12 heteroatoms. The largest absolute Gasteiger partial charge is 0.417 e. The lowest BCUT2D eigenvalue weighted by Gasteiger charge is -2.31. The van der Waals surface area contributed by atoms with Gasteiger partial charge in [0.25, 0.3) is 0 Å². The minimum absolute atomic E-state index is 0.0205. The lowest BCUT2D eigenvalue weighted by Crippen LogP contribution is -2.47. The first kappa shape index (κ1) is 20.4. The van der Waals surface area contributed by atoms with E-state index >= 15 is 0 Å². The lowest BCUT2D eigenvalue weighted by molar-refractivity contribution is -0.183. The highest BCUT2D eigenvalue weighted by Gasteiger charge is 2.42. The molecule has 0 bridgehead atoms. The molecule has 0 unspecified atom stereocenters. The van der Waals surface area contributed by atoms with Crippen LogP contribution in [-0.4, -0.2) is 23.2 Å². The summed E-state index contributed by atoms with van der Waals surface area (Å²) in [6, 6.07) is -0.866. The lowest BCUT2D eigenvalue weighted by atomic mass is 9.85. The summed E-state index contributed by atoms with van der Waals surface area (Å²) in [6.07, 6.45) is -7.87. The molecular weight excluding hydrogens is 390 g/mol. The molecule has 3 N–H and O–H groups in total. The maximum absolute atomic E-state index is 12.7. The molecule has 26 heavy (non-hydrogen) atoms. The zero-order valence-corrected chi connectivity index (χ0v) is 13.9. The van der Waals surface area contributed by atoms with Gasteiger partial charge in [-0.3, -0.25) is 10.9 Å². The van der Waals surface area contributed by atoms with E-state index in [4.69, 9.17) is 11.6 Å². The average molecular weight is 405 g/mol. The molecule has 5 nitrogen and oxygen atoms in total. The first-order valence-corrected chi connectivity index (χ1v) is 7.96. The van der Waals surface area contributed by atoms with E-state index in [9.17, 15) is 31.1 Å². The van der Waals surface area contributed by atoms with Crippen molar-refractivity contribution in [2.24, 2.45) is 5.92 Å². The van der Waals surface area contributed by atoms with E-state index in [1.807, 2.05) is 0 Å². The molecule has 1 aliphatic carbocycles. The maximum atomic E-state index is 12.7. The van der Waals surface area contributed by atoms with Gasteiger partial charge in [-0.1, -0.05) is 18.0 Å². The minimum Gasteiger partial charge on any atom is -0.334 e. The van der Waals surface area contributed by atoms with Crippen molar-refractivity contribution in [3.8, 4) is 0 Å². The number of rotatable bonds is 3. The Balaban J connectivity index is 1.87. The number of carbonyl (C=O) groups excluding carboxylic acids is 1. The molecular formula is C14H15ClF6N4O. The minimum atomic E-state index is -4.62. The highest BCUT2D eigenvalue weighted by molar-refractivity contribution is 6.33. The van der Waals surface area contributed by atoms with Crippen molar-refractivity contribution in [2.45, 2.75) is 44.1 Å². The molecule has 1 aliphatic rings. The van der Waals surface area contributed by atoms with Crippen LogP contribution in [0, 0.1) is 5.92 Å². The van der Waals surface area contributed by atoms with Crippen LogP contribution in [0.15, 0.2) is 12.3 Å². The highest BCUT2D eigenvalue weighted by atomic mass is 35.5. The van der Waals surface area contributed by atoms with Gasteiger partial charge in [0.1, 0.15) is 0 Å². The highest BCUT2D eigenvalue weighted by Crippen LogP contribution is 2.37. The quantitative estimate of drug-likeness (QED) is 0.513. The molecule has 1 aromatic heterocycles. The van der Waals surface area contributed by atoms with E-state index in [1.54, 1.807) is 0 Å². The predicted octanol–water partition coefficient (Wildman–Crippen LogP) is 4.50. The summed E-state index contributed by atoms with van der Waals surface area (Å²) in [5.74, 6) is -1.70. The molecule has 0 spiro atoms. The molecule has 1 fully saturated rings. The van der Waals surface area contributed by atoms with Gasteiger partial charge in [-0.25, -0.2) is 9.78 Å². The zero-order chi connectivity index (χ0) is 19.5. The van der Waals surface area contributed by atoms with Crippen LogP contribution in [0.25, 0.3) is 0 Å². The number of alkyl halides is 6. The predicted molar refractivity (Wildman–Crippen MR) is 81.3 cm³/mol. The number of urea groups is 1. The number of hydrazine groups is 1. The van der Waals surface area contributed by atoms with Gasteiger partial charge in [-0.05, 0) is 25.3 Å². The van der Waals surface area contributed by atoms with Crippen molar-refractivity contribution in [2.75, 3.05) is 5.43 Å². The maximum Gasteiger partial charge on any atom is 0.417 e. The van der Waals surface area contributed by atoms with Crippen LogP contribution in [-0.2, 0) is 6.18 Å². The first-order chi connectivity index (χ1) is 12.0. The van der Waals surface area contributed by atoms with Crippen molar-refractivity contribution in [3.05, 3.63) is 22.8 Å². The second-order valence-electron chi connectivity index (χ2n) is 5.88.